The average molecular weight is 204 g/mol. The van der Waals surface area contributed by atoms with E-state index in [0.717, 1.165) is 11.3 Å². The maximum Gasteiger partial charge on any atom is 0.164 e. The molecule has 1 aliphatic heterocycles. The van der Waals surface area contributed by atoms with Crippen LogP contribution in [0.3, 0.4) is 0 Å². The minimum Gasteiger partial charge on any atom is -0.470 e. The van der Waals surface area contributed by atoms with Crippen LogP contribution in [0, 0.1) is 6.92 Å². The Hall–Kier alpha value is -0.600. The molecule has 0 spiro atoms. The lowest BCUT2D eigenvalue weighted by atomic mass is 10.2. The molecule has 1 aromatic rings. The van der Waals surface area contributed by atoms with Crippen LogP contribution in [0.15, 0.2) is 6.07 Å². The van der Waals surface area contributed by atoms with Crippen molar-refractivity contribution in [1.82, 2.24) is 0 Å². The van der Waals surface area contributed by atoms with E-state index in [1.165, 1.54) is 0 Å². The molecule has 0 amide bonds. The van der Waals surface area contributed by atoms with Crippen LogP contribution in [-0.4, -0.2) is 6.73 Å². The standard InChI is InChI=1S/C8H7Cl2NO/c1-4-5(9)2-6-8(7(4)10)12-3-11-6/h2,11H,3H2,1H3. The second-order valence-electron chi connectivity index (χ2n) is 2.64. The average Bonchev–Trinajstić information content (AvgIpc) is 2.48. The third kappa shape index (κ3) is 1.03. The molecular weight excluding hydrogens is 197 g/mol. The summed E-state index contributed by atoms with van der Waals surface area (Å²) in [5.74, 6) is 0.707. The molecule has 0 atom stereocenters. The Bertz CT molecular complexity index is 338. The van der Waals surface area contributed by atoms with Gasteiger partial charge in [-0.3, -0.25) is 0 Å². The zero-order valence-corrected chi connectivity index (χ0v) is 7.96. The summed E-state index contributed by atoms with van der Waals surface area (Å²) >= 11 is 11.9. The van der Waals surface area contributed by atoms with Gasteiger partial charge in [0.1, 0.15) is 0 Å². The van der Waals surface area contributed by atoms with Crippen LogP contribution in [0.2, 0.25) is 10.0 Å². The van der Waals surface area contributed by atoms with E-state index in [-0.39, 0.29) is 0 Å². The monoisotopic (exact) mass is 203 g/mol. The fourth-order valence-electron chi connectivity index (χ4n) is 1.15. The van der Waals surface area contributed by atoms with Crippen molar-refractivity contribution >= 4 is 28.9 Å². The molecule has 0 aliphatic carbocycles. The first kappa shape index (κ1) is 8.02. The van der Waals surface area contributed by atoms with Crippen LogP contribution in [-0.2, 0) is 0 Å². The molecule has 1 N–H and O–H groups in total. The first-order chi connectivity index (χ1) is 5.70. The van der Waals surface area contributed by atoms with Gasteiger partial charge in [0.05, 0.1) is 10.7 Å². The molecule has 0 radical (unpaired) electrons. The van der Waals surface area contributed by atoms with E-state index >= 15 is 0 Å². The summed E-state index contributed by atoms with van der Waals surface area (Å²) in [4.78, 5) is 0. The van der Waals surface area contributed by atoms with E-state index in [9.17, 15) is 0 Å². The van der Waals surface area contributed by atoms with Gasteiger partial charge in [0, 0.05) is 5.02 Å². The number of rotatable bonds is 0. The summed E-state index contributed by atoms with van der Waals surface area (Å²) in [5.41, 5.74) is 1.73. The Balaban J connectivity index is 2.67. The van der Waals surface area contributed by atoms with Gasteiger partial charge in [-0.1, -0.05) is 23.2 Å². The normalized spacial score (nSPS) is 13.6. The molecule has 2 rings (SSSR count). The molecule has 1 heterocycles. The predicted molar refractivity (Wildman–Crippen MR) is 50.3 cm³/mol. The number of hydrogen-bond acceptors (Lipinski definition) is 2. The van der Waals surface area contributed by atoms with E-state index in [4.69, 9.17) is 27.9 Å². The molecule has 0 bridgehead atoms. The van der Waals surface area contributed by atoms with Gasteiger partial charge in [-0.05, 0) is 18.6 Å². The third-order valence-corrected chi connectivity index (χ3v) is 2.73. The van der Waals surface area contributed by atoms with Crippen molar-refractivity contribution in [2.45, 2.75) is 6.92 Å². The Labute approximate surface area is 80.4 Å². The molecule has 1 aromatic carbocycles. The van der Waals surface area contributed by atoms with E-state index in [0.29, 0.717) is 22.5 Å². The minimum absolute atomic E-state index is 0.467. The lowest BCUT2D eigenvalue weighted by molar-refractivity contribution is 0.372. The minimum atomic E-state index is 0.467. The quantitative estimate of drug-likeness (QED) is 0.701. The van der Waals surface area contributed by atoms with Crippen molar-refractivity contribution in [1.29, 1.82) is 0 Å². The molecule has 64 valence electrons. The highest BCUT2D eigenvalue weighted by molar-refractivity contribution is 6.37. The molecule has 0 fully saturated rings. The van der Waals surface area contributed by atoms with E-state index in [1.54, 1.807) is 0 Å². The van der Waals surface area contributed by atoms with Crippen molar-refractivity contribution in [3.8, 4) is 5.75 Å². The van der Waals surface area contributed by atoms with Crippen LogP contribution in [0.25, 0.3) is 0 Å². The smallest absolute Gasteiger partial charge is 0.164 e. The topological polar surface area (TPSA) is 21.3 Å². The number of halogens is 2. The van der Waals surface area contributed by atoms with Gasteiger partial charge in [-0.25, -0.2) is 0 Å². The van der Waals surface area contributed by atoms with Gasteiger partial charge in [-0.2, -0.15) is 0 Å². The van der Waals surface area contributed by atoms with Crippen LogP contribution in [0.5, 0.6) is 5.75 Å². The lowest BCUT2D eigenvalue weighted by Crippen LogP contribution is -1.96. The first-order valence-corrected chi connectivity index (χ1v) is 4.31. The van der Waals surface area contributed by atoms with Crippen molar-refractivity contribution in [2.75, 3.05) is 12.0 Å². The first-order valence-electron chi connectivity index (χ1n) is 3.55. The molecule has 2 nitrogen and oxygen atoms in total. The Morgan fingerprint density at radius 3 is 3.00 bits per heavy atom. The second-order valence-corrected chi connectivity index (χ2v) is 3.42. The Kier molecular flexibility index (Phi) is 1.81. The maximum absolute atomic E-state index is 5.99. The predicted octanol–water partition coefficient (Wildman–Crippen LogP) is 3.06. The fraction of sp³-hybridized carbons (Fsp3) is 0.250. The van der Waals surface area contributed by atoms with E-state index < -0.39 is 0 Å². The van der Waals surface area contributed by atoms with Crippen LogP contribution >= 0.6 is 23.2 Å². The van der Waals surface area contributed by atoms with Crippen molar-refractivity contribution < 1.29 is 4.74 Å². The highest BCUT2D eigenvalue weighted by Crippen LogP contribution is 2.41. The molecule has 1 aliphatic rings. The molecule has 0 saturated carbocycles. The maximum atomic E-state index is 5.99. The third-order valence-electron chi connectivity index (χ3n) is 1.88. The fourth-order valence-corrected chi connectivity index (χ4v) is 1.66. The number of ether oxygens (including phenoxy) is 1. The van der Waals surface area contributed by atoms with Gasteiger partial charge in [0.15, 0.2) is 12.5 Å². The van der Waals surface area contributed by atoms with Crippen molar-refractivity contribution in [3.63, 3.8) is 0 Å². The zero-order valence-electron chi connectivity index (χ0n) is 6.45. The molecule has 4 heteroatoms. The molecular formula is C8H7Cl2NO. The summed E-state index contributed by atoms with van der Waals surface area (Å²) in [6.45, 7) is 2.33. The van der Waals surface area contributed by atoms with Crippen LogP contribution in [0.1, 0.15) is 5.56 Å². The van der Waals surface area contributed by atoms with Crippen molar-refractivity contribution in [2.24, 2.45) is 0 Å². The summed E-state index contributed by atoms with van der Waals surface area (Å²) in [5, 5.41) is 4.28. The summed E-state index contributed by atoms with van der Waals surface area (Å²) in [7, 11) is 0. The second kappa shape index (κ2) is 2.71. The Morgan fingerprint density at radius 2 is 2.25 bits per heavy atom. The number of hydrogen-bond donors (Lipinski definition) is 1. The van der Waals surface area contributed by atoms with Crippen LogP contribution < -0.4 is 10.1 Å². The zero-order chi connectivity index (χ0) is 8.72. The summed E-state index contributed by atoms with van der Waals surface area (Å²) < 4.78 is 5.26. The number of anilines is 1. The number of fused-ring (bicyclic) bond motifs is 1. The summed E-state index contributed by atoms with van der Waals surface area (Å²) in [6, 6.07) is 1.82. The number of benzene rings is 1. The SMILES string of the molecule is Cc1c(Cl)cc2c(c1Cl)OCN2. The highest BCUT2D eigenvalue weighted by Gasteiger charge is 2.18. The largest absolute Gasteiger partial charge is 0.470 e. The number of nitrogens with one attached hydrogen (secondary N) is 1. The molecule has 0 unspecified atom stereocenters. The van der Waals surface area contributed by atoms with Crippen molar-refractivity contribution in [3.05, 3.63) is 21.7 Å². The highest BCUT2D eigenvalue weighted by atomic mass is 35.5. The van der Waals surface area contributed by atoms with Gasteiger partial charge in [0.25, 0.3) is 0 Å². The van der Waals surface area contributed by atoms with Gasteiger partial charge < -0.3 is 10.1 Å². The van der Waals surface area contributed by atoms with E-state index in [2.05, 4.69) is 5.32 Å². The molecule has 0 aromatic heterocycles. The Morgan fingerprint density at radius 1 is 1.50 bits per heavy atom. The molecule has 12 heavy (non-hydrogen) atoms. The van der Waals surface area contributed by atoms with Gasteiger partial charge >= 0.3 is 0 Å². The van der Waals surface area contributed by atoms with Crippen LogP contribution in [0.4, 0.5) is 5.69 Å². The molecule has 0 saturated heterocycles. The lowest BCUT2D eigenvalue weighted by Gasteiger charge is -2.05. The summed E-state index contributed by atoms with van der Waals surface area (Å²) in [6.07, 6.45) is 0. The van der Waals surface area contributed by atoms with Gasteiger partial charge in [-0.15, -0.1) is 0 Å². The van der Waals surface area contributed by atoms with E-state index in [1.807, 2.05) is 13.0 Å². The van der Waals surface area contributed by atoms with Gasteiger partial charge in [0.2, 0.25) is 0 Å².